The highest BCUT2D eigenvalue weighted by Gasteiger charge is 2.29. The number of aromatic nitrogens is 3. The molecule has 0 radical (unpaired) electrons. The summed E-state index contributed by atoms with van der Waals surface area (Å²) in [7, 11) is 0. The van der Waals surface area contributed by atoms with Gasteiger partial charge in [0.05, 0.1) is 12.4 Å². The summed E-state index contributed by atoms with van der Waals surface area (Å²) < 4.78 is 30.4. The molecule has 2 aromatic heterocycles. The number of hydrogen-bond donors (Lipinski definition) is 3. The van der Waals surface area contributed by atoms with Crippen LogP contribution in [0.25, 0.3) is 0 Å². The maximum absolute atomic E-state index is 13.7. The maximum atomic E-state index is 13.7. The van der Waals surface area contributed by atoms with Crippen LogP contribution < -0.4 is 21.6 Å². The van der Waals surface area contributed by atoms with Gasteiger partial charge < -0.3 is 25.5 Å². The average Bonchev–Trinajstić information content (AvgIpc) is 3.30. The number of esters is 1. The third-order valence-corrected chi connectivity index (χ3v) is 5.27. The maximum Gasteiger partial charge on any atom is 0.342 e. The Hall–Kier alpha value is -4.07. The van der Waals surface area contributed by atoms with Gasteiger partial charge >= 0.3 is 5.97 Å². The van der Waals surface area contributed by atoms with Gasteiger partial charge in [0.25, 0.3) is 5.91 Å². The second-order valence-electron chi connectivity index (χ2n) is 6.65. The summed E-state index contributed by atoms with van der Waals surface area (Å²) in [6, 6.07) is 5.85. The number of nitrogens with zero attached hydrogens (tertiary/aromatic N) is 3. The number of carbonyl (C=O) groups excluding carboxylic acids is 3. The third-order valence-electron chi connectivity index (χ3n) is 4.32. The molecular weight excluding hydrogens is 471 g/mol. The Bertz CT molecular complexity index is 1230. The van der Waals surface area contributed by atoms with Crippen LogP contribution in [0.2, 0.25) is 0 Å². The highest BCUT2D eigenvalue weighted by molar-refractivity contribution is 7.99. The summed E-state index contributed by atoms with van der Waals surface area (Å²) in [6.07, 6.45) is 0. The van der Waals surface area contributed by atoms with E-state index in [1.807, 2.05) is 0 Å². The summed E-state index contributed by atoms with van der Waals surface area (Å²) in [5.74, 6) is 2.85. The number of anilines is 1. The number of para-hydroxylation sites is 1. The van der Waals surface area contributed by atoms with Crippen molar-refractivity contribution in [2.24, 2.45) is 5.73 Å². The standard InChI is InChI=1S/C20H21FN6O6S/c1-3-31-19(30)15-10(2)33-18(16(15)17(22)29)24-14(28)9-34-20-26-25-13(27(20)23)8-32-12-7-5-4-6-11(12)21/h4-7H,3,8-9,23H2,1-2H3,(H2,22,29)(H,24,28). The minimum Gasteiger partial charge on any atom is -0.482 e. The Balaban J connectivity index is 1.64. The van der Waals surface area contributed by atoms with E-state index >= 15 is 0 Å². The number of thioether (sulfide) groups is 1. The van der Waals surface area contributed by atoms with Crippen LogP contribution in [0.15, 0.2) is 33.8 Å². The zero-order valence-corrected chi connectivity index (χ0v) is 19.0. The van der Waals surface area contributed by atoms with Gasteiger partial charge in [0.15, 0.2) is 17.4 Å². The molecule has 0 spiro atoms. The first-order valence-electron chi connectivity index (χ1n) is 9.82. The number of nitrogen functional groups attached to an aromatic ring is 1. The normalized spacial score (nSPS) is 10.7. The number of halogens is 1. The molecule has 180 valence electrons. The number of rotatable bonds is 10. The van der Waals surface area contributed by atoms with Crippen molar-refractivity contribution in [3.63, 3.8) is 0 Å². The number of primary amides is 1. The smallest absolute Gasteiger partial charge is 0.342 e. The van der Waals surface area contributed by atoms with Gasteiger partial charge in [0, 0.05) is 0 Å². The predicted molar refractivity (Wildman–Crippen MR) is 118 cm³/mol. The molecule has 0 aliphatic heterocycles. The first-order valence-corrected chi connectivity index (χ1v) is 10.8. The Kier molecular flexibility index (Phi) is 7.73. The number of furan rings is 1. The molecule has 2 amide bonds. The second-order valence-corrected chi connectivity index (χ2v) is 7.59. The fourth-order valence-corrected chi connectivity index (χ4v) is 3.49. The van der Waals surface area contributed by atoms with Crippen LogP contribution in [0.1, 0.15) is 39.2 Å². The highest BCUT2D eigenvalue weighted by Crippen LogP contribution is 2.28. The van der Waals surface area contributed by atoms with Gasteiger partial charge in [-0.05, 0) is 26.0 Å². The van der Waals surface area contributed by atoms with Crippen LogP contribution in [0.3, 0.4) is 0 Å². The van der Waals surface area contributed by atoms with E-state index in [2.05, 4.69) is 15.5 Å². The molecular formula is C20H21FN6O6S. The predicted octanol–water partition coefficient (Wildman–Crippen LogP) is 1.62. The van der Waals surface area contributed by atoms with E-state index in [1.165, 1.54) is 25.1 Å². The van der Waals surface area contributed by atoms with Gasteiger partial charge in [-0.2, -0.15) is 0 Å². The number of nitrogens with one attached hydrogen (secondary N) is 1. The summed E-state index contributed by atoms with van der Waals surface area (Å²) in [5.41, 5.74) is 4.93. The van der Waals surface area contributed by atoms with Crippen molar-refractivity contribution in [3.05, 3.63) is 52.8 Å². The molecule has 12 nitrogen and oxygen atoms in total. The fraction of sp³-hybridized carbons (Fsp3) is 0.250. The van der Waals surface area contributed by atoms with E-state index in [1.54, 1.807) is 13.0 Å². The topological polar surface area (TPSA) is 178 Å². The molecule has 0 unspecified atom stereocenters. The van der Waals surface area contributed by atoms with E-state index in [-0.39, 0.29) is 58.5 Å². The fourth-order valence-electron chi connectivity index (χ4n) is 2.82. The minimum atomic E-state index is -0.968. The van der Waals surface area contributed by atoms with Crippen LogP contribution in [0, 0.1) is 12.7 Å². The van der Waals surface area contributed by atoms with Crippen LogP contribution >= 0.6 is 11.8 Å². The molecule has 5 N–H and O–H groups in total. The van der Waals surface area contributed by atoms with Crippen molar-refractivity contribution in [1.82, 2.24) is 14.9 Å². The molecule has 14 heteroatoms. The average molecular weight is 492 g/mol. The molecule has 3 rings (SSSR count). The first kappa shape index (κ1) is 24.6. The monoisotopic (exact) mass is 492 g/mol. The number of ether oxygens (including phenoxy) is 2. The van der Waals surface area contributed by atoms with E-state index in [0.29, 0.717) is 0 Å². The molecule has 2 heterocycles. The van der Waals surface area contributed by atoms with Gasteiger partial charge in [-0.25, -0.2) is 13.9 Å². The summed E-state index contributed by atoms with van der Waals surface area (Å²) >= 11 is 0.933. The van der Waals surface area contributed by atoms with Crippen molar-refractivity contribution < 1.29 is 32.7 Å². The molecule has 1 aromatic carbocycles. The Morgan fingerprint density at radius 1 is 1.24 bits per heavy atom. The zero-order valence-electron chi connectivity index (χ0n) is 18.2. The van der Waals surface area contributed by atoms with Crippen LogP contribution in [-0.4, -0.2) is 45.0 Å². The molecule has 0 aliphatic rings. The third kappa shape index (κ3) is 5.46. The minimum absolute atomic E-state index is 0.0280. The van der Waals surface area contributed by atoms with E-state index in [0.717, 1.165) is 16.4 Å². The lowest BCUT2D eigenvalue weighted by atomic mass is 10.1. The number of amides is 2. The van der Waals surface area contributed by atoms with E-state index in [4.69, 9.17) is 25.5 Å². The van der Waals surface area contributed by atoms with Crippen molar-refractivity contribution in [2.45, 2.75) is 25.6 Å². The number of benzene rings is 1. The molecule has 0 bridgehead atoms. The first-order chi connectivity index (χ1) is 16.2. The molecule has 0 fully saturated rings. The molecule has 34 heavy (non-hydrogen) atoms. The number of hydrogen-bond acceptors (Lipinski definition) is 10. The molecule has 0 saturated carbocycles. The largest absolute Gasteiger partial charge is 0.482 e. The van der Waals surface area contributed by atoms with Crippen molar-refractivity contribution >= 4 is 35.4 Å². The van der Waals surface area contributed by atoms with E-state index < -0.39 is 23.6 Å². The number of carbonyl (C=O) groups is 3. The van der Waals surface area contributed by atoms with E-state index in [9.17, 15) is 18.8 Å². The quantitative estimate of drug-likeness (QED) is 0.214. The molecule has 3 aromatic rings. The lowest BCUT2D eigenvalue weighted by Gasteiger charge is -2.07. The molecule has 0 saturated heterocycles. The number of aryl methyl sites for hydroxylation is 1. The van der Waals surface area contributed by atoms with Crippen LogP contribution in [-0.2, 0) is 16.1 Å². The van der Waals surface area contributed by atoms with Gasteiger partial charge in [-0.15, -0.1) is 10.2 Å². The lowest BCUT2D eigenvalue weighted by molar-refractivity contribution is -0.113. The summed E-state index contributed by atoms with van der Waals surface area (Å²) in [4.78, 5) is 36.4. The Morgan fingerprint density at radius 3 is 2.65 bits per heavy atom. The summed E-state index contributed by atoms with van der Waals surface area (Å²) in [6.45, 7) is 2.96. The van der Waals surface area contributed by atoms with Gasteiger partial charge in [0.1, 0.15) is 23.5 Å². The van der Waals surface area contributed by atoms with Crippen molar-refractivity contribution in [3.8, 4) is 5.75 Å². The van der Waals surface area contributed by atoms with Crippen LogP contribution in [0.4, 0.5) is 10.3 Å². The summed E-state index contributed by atoms with van der Waals surface area (Å²) in [5, 5.41) is 10.3. The lowest BCUT2D eigenvalue weighted by Crippen LogP contribution is -2.21. The molecule has 0 atom stereocenters. The van der Waals surface area contributed by atoms with Crippen molar-refractivity contribution in [2.75, 3.05) is 23.5 Å². The number of nitrogens with two attached hydrogens (primary N) is 2. The van der Waals surface area contributed by atoms with Gasteiger partial charge in [-0.1, -0.05) is 23.9 Å². The van der Waals surface area contributed by atoms with Gasteiger partial charge in [0.2, 0.25) is 16.9 Å². The highest BCUT2D eigenvalue weighted by atomic mass is 32.2. The molecule has 0 aliphatic carbocycles. The van der Waals surface area contributed by atoms with Gasteiger partial charge in [-0.3, -0.25) is 14.9 Å². The van der Waals surface area contributed by atoms with Crippen LogP contribution in [0.5, 0.6) is 5.75 Å². The Morgan fingerprint density at radius 2 is 1.97 bits per heavy atom. The Labute approximate surface area is 196 Å². The van der Waals surface area contributed by atoms with Crippen molar-refractivity contribution in [1.29, 1.82) is 0 Å². The zero-order chi connectivity index (χ0) is 24.8. The second kappa shape index (κ2) is 10.7. The SMILES string of the molecule is CCOC(=O)c1c(C)oc(NC(=O)CSc2nnc(COc3ccccc3F)n2N)c1C(N)=O.